The highest BCUT2D eigenvalue weighted by atomic mass is 16.2. The van der Waals surface area contributed by atoms with Gasteiger partial charge in [0.25, 0.3) is 0 Å². The lowest BCUT2D eigenvalue weighted by Gasteiger charge is -2.37. The van der Waals surface area contributed by atoms with Gasteiger partial charge in [0.2, 0.25) is 11.8 Å². The summed E-state index contributed by atoms with van der Waals surface area (Å²) in [6.45, 7) is 4.43. The van der Waals surface area contributed by atoms with Gasteiger partial charge in [0.1, 0.15) is 0 Å². The fourth-order valence-corrected chi connectivity index (χ4v) is 3.39. The van der Waals surface area contributed by atoms with Crippen molar-refractivity contribution in [3.05, 3.63) is 0 Å². The second kappa shape index (κ2) is 8.29. The first-order valence-electron chi connectivity index (χ1n) is 8.55. The molecule has 1 saturated heterocycles. The number of amides is 4. The molecule has 1 aliphatic carbocycles. The van der Waals surface area contributed by atoms with Crippen LogP contribution in [0.4, 0.5) is 4.79 Å². The van der Waals surface area contributed by atoms with Gasteiger partial charge in [-0.1, -0.05) is 12.8 Å². The smallest absolute Gasteiger partial charge is 0.321 e. The normalized spacial score (nSPS) is 21.0. The molecule has 4 amide bonds. The molecule has 2 aliphatic rings. The molecule has 0 aromatic heterocycles. The Hall–Kier alpha value is -1.63. The zero-order chi connectivity index (χ0) is 16.8. The Labute approximate surface area is 137 Å². The van der Waals surface area contributed by atoms with Gasteiger partial charge < -0.3 is 10.2 Å². The van der Waals surface area contributed by atoms with E-state index in [1.54, 1.807) is 6.92 Å². The number of nitrogens with one attached hydrogen (secondary N) is 2. The maximum absolute atomic E-state index is 12.3. The largest absolute Gasteiger partial charge is 0.341 e. The van der Waals surface area contributed by atoms with Crippen molar-refractivity contribution in [3.63, 3.8) is 0 Å². The highest BCUT2D eigenvalue weighted by Crippen LogP contribution is 2.28. The van der Waals surface area contributed by atoms with Crippen LogP contribution in [0, 0.1) is 5.92 Å². The minimum Gasteiger partial charge on any atom is -0.341 e. The number of nitrogens with zero attached hydrogens (tertiary/aromatic N) is 2. The van der Waals surface area contributed by atoms with Crippen LogP contribution in [0.1, 0.15) is 39.0 Å². The first-order chi connectivity index (χ1) is 11.0. The van der Waals surface area contributed by atoms with Gasteiger partial charge in [-0.15, -0.1) is 0 Å². The standard InChI is InChI=1S/C16H28N4O3/c1-12(15(22)18-16(23)17-2)19-7-9-20(10-8-19)14(21)11-13-5-3-4-6-13/h12-13H,3-11H2,1-2H3,(H2,17,18,22,23)/t12-/m0/s1. The maximum atomic E-state index is 12.3. The topological polar surface area (TPSA) is 81.8 Å². The monoisotopic (exact) mass is 324 g/mol. The quantitative estimate of drug-likeness (QED) is 0.791. The van der Waals surface area contributed by atoms with E-state index in [9.17, 15) is 14.4 Å². The van der Waals surface area contributed by atoms with E-state index in [-0.39, 0.29) is 17.9 Å². The molecule has 2 fully saturated rings. The zero-order valence-corrected chi connectivity index (χ0v) is 14.1. The van der Waals surface area contributed by atoms with Crippen molar-refractivity contribution in [2.75, 3.05) is 33.2 Å². The number of imide groups is 1. The van der Waals surface area contributed by atoms with Gasteiger partial charge in [-0.05, 0) is 25.7 Å². The SMILES string of the molecule is CNC(=O)NC(=O)[C@H](C)N1CCN(C(=O)CC2CCCC2)CC1. The van der Waals surface area contributed by atoms with E-state index in [2.05, 4.69) is 10.6 Å². The van der Waals surface area contributed by atoms with Gasteiger partial charge in [0.05, 0.1) is 6.04 Å². The Morgan fingerprint density at radius 2 is 1.70 bits per heavy atom. The molecule has 0 aromatic rings. The van der Waals surface area contributed by atoms with Crippen LogP contribution < -0.4 is 10.6 Å². The van der Waals surface area contributed by atoms with Gasteiger partial charge in [-0.3, -0.25) is 19.8 Å². The summed E-state index contributed by atoms with van der Waals surface area (Å²) in [6.07, 6.45) is 5.55. The summed E-state index contributed by atoms with van der Waals surface area (Å²) in [5, 5.41) is 4.67. The lowest BCUT2D eigenvalue weighted by molar-refractivity contribution is -0.135. The van der Waals surface area contributed by atoms with Crippen LogP contribution in [-0.2, 0) is 9.59 Å². The highest BCUT2D eigenvalue weighted by molar-refractivity contribution is 5.96. The van der Waals surface area contributed by atoms with Crippen LogP contribution in [0.2, 0.25) is 0 Å². The number of urea groups is 1. The first-order valence-corrected chi connectivity index (χ1v) is 8.55. The van der Waals surface area contributed by atoms with Crippen molar-refractivity contribution in [1.29, 1.82) is 0 Å². The number of carbonyl (C=O) groups excluding carboxylic acids is 3. The van der Waals surface area contributed by atoms with E-state index in [0.717, 1.165) is 0 Å². The molecular weight excluding hydrogens is 296 g/mol. The van der Waals surface area contributed by atoms with Crippen molar-refractivity contribution in [2.24, 2.45) is 5.92 Å². The molecule has 7 heteroatoms. The summed E-state index contributed by atoms with van der Waals surface area (Å²) >= 11 is 0. The molecule has 1 atom stereocenters. The molecule has 1 saturated carbocycles. The van der Waals surface area contributed by atoms with Crippen LogP contribution in [0.5, 0.6) is 0 Å². The average Bonchev–Trinajstić information content (AvgIpc) is 3.07. The van der Waals surface area contributed by atoms with Gasteiger partial charge in [0.15, 0.2) is 0 Å². The second-order valence-electron chi connectivity index (χ2n) is 6.52. The third kappa shape index (κ3) is 4.92. The summed E-state index contributed by atoms with van der Waals surface area (Å²) in [7, 11) is 1.47. The third-order valence-corrected chi connectivity index (χ3v) is 5.00. The Balaban J connectivity index is 1.75. The maximum Gasteiger partial charge on any atom is 0.321 e. The van der Waals surface area contributed by atoms with Crippen molar-refractivity contribution in [3.8, 4) is 0 Å². The molecular formula is C16H28N4O3. The Bertz CT molecular complexity index is 441. The highest BCUT2D eigenvalue weighted by Gasteiger charge is 2.29. The second-order valence-corrected chi connectivity index (χ2v) is 6.52. The number of piperazine rings is 1. The van der Waals surface area contributed by atoms with E-state index < -0.39 is 6.03 Å². The molecule has 1 aliphatic heterocycles. The molecule has 2 rings (SSSR count). The minimum atomic E-state index is -0.493. The van der Waals surface area contributed by atoms with Crippen molar-refractivity contribution < 1.29 is 14.4 Å². The van der Waals surface area contributed by atoms with Crippen molar-refractivity contribution in [1.82, 2.24) is 20.4 Å². The lowest BCUT2D eigenvalue weighted by Crippen LogP contribution is -2.56. The fraction of sp³-hybridized carbons (Fsp3) is 0.812. The number of hydrogen-bond acceptors (Lipinski definition) is 4. The molecule has 0 spiro atoms. The minimum absolute atomic E-state index is 0.249. The number of rotatable bonds is 4. The number of hydrogen-bond donors (Lipinski definition) is 2. The predicted octanol–water partition coefficient (Wildman–Crippen LogP) is 0.555. The van der Waals surface area contributed by atoms with Gasteiger partial charge in [-0.25, -0.2) is 4.79 Å². The lowest BCUT2D eigenvalue weighted by atomic mass is 10.0. The molecule has 23 heavy (non-hydrogen) atoms. The van der Waals surface area contributed by atoms with Gasteiger partial charge >= 0.3 is 6.03 Å². The average molecular weight is 324 g/mol. The molecule has 130 valence electrons. The Morgan fingerprint density at radius 3 is 2.26 bits per heavy atom. The summed E-state index contributed by atoms with van der Waals surface area (Å²) in [4.78, 5) is 39.4. The van der Waals surface area contributed by atoms with Gasteiger partial charge in [0, 0.05) is 39.6 Å². The zero-order valence-electron chi connectivity index (χ0n) is 14.1. The summed E-state index contributed by atoms with van der Waals surface area (Å²) in [5.74, 6) is 0.506. The molecule has 1 heterocycles. The summed E-state index contributed by atoms with van der Waals surface area (Å²) < 4.78 is 0. The van der Waals surface area contributed by atoms with Crippen LogP contribution in [0.15, 0.2) is 0 Å². The third-order valence-electron chi connectivity index (χ3n) is 5.00. The van der Waals surface area contributed by atoms with Crippen molar-refractivity contribution >= 4 is 17.8 Å². The van der Waals surface area contributed by atoms with E-state index >= 15 is 0 Å². The van der Waals surface area contributed by atoms with Crippen LogP contribution in [-0.4, -0.2) is 66.9 Å². The molecule has 2 N–H and O–H groups in total. The Kier molecular flexibility index (Phi) is 6.38. The van der Waals surface area contributed by atoms with Crippen LogP contribution in [0.25, 0.3) is 0 Å². The molecule has 7 nitrogen and oxygen atoms in total. The molecule has 0 unspecified atom stereocenters. The number of carbonyl (C=O) groups is 3. The molecule has 0 radical (unpaired) electrons. The predicted molar refractivity (Wildman–Crippen MR) is 86.8 cm³/mol. The van der Waals surface area contributed by atoms with E-state index in [1.165, 1.54) is 32.7 Å². The van der Waals surface area contributed by atoms with E-state index in [1.807, 2.05) is 9.80 Å². The molecule has 0 aromatic carbocycles. The fourth-order valence-electron chi connectivity index (χ4n) is 3.39. The molecule has 0 bridgehead atoms. The summed E-state index contributed by atoms with van der Waals surface area (Å²) in [5.41, 5.74) is 0. The summed E-state index contributed by atoms with van der Waals surface area (Å²) in [6, 6.07) is -0.869. The van der Waals surface area contributed by atoms with E-state index in [0.29, 0.717) is 38.5 Å². The first kappa shape index (κ1) is 17.7. The van der Waals surface area contributed by atoms with E-state index in [4.69, 9.17) is 0 Å². The van der Waals surface area contributed by atoms with Crippen LogP contribution >= 0.6 is 0 Å². The Morgan fingerprint density at radius 1 is 1.09 bits per heavy atom. The van der Waals surface area contributed by atoms with Crippen molar-refractivity contribution in [2.45, 2.75) is 45.1 Å². The van der Waals surface area contributed by atoms with Crippen LogP contribution in [0.3, 0.4) is 0 Å². The van der Waals surface area contributed by atoms with Gasteiger partial charge in [-0.2, -0.15) is 0 Å².